The Morgan fingerprint density at radius 3 is 2.67 bits per heavy atom. The highest BCUT2D eigenvalue weighted by Gasteiger charge is 2.15. The van der Waals surface area contributed by atoms with Crippen molar-refractivity contribution in [3.63, 3.8) is 0 Å². The lowest BCUT2D eigenvalue weighted by Crippen LogP contribution is -2.25. The Labute approximate surface area is 121 Å². The first kappa shape index (κ1) is 15.6. The van der Waals surface area contributed by atoms with E-state index < -0.39 is 21.7 Å². The van der Waals surface area contributed by atoms with Gasteiger partial charge < -0.3 is 0 Å². The maximum atomic E-state index is 13.0. The fourth-order valence-electron chi connectivity index (χ4n) is 1.76. The van der Waals surface area contributed by atoms with Crippen molar-refractivity contribution >= 4 is 10.0 Å². The number of benzene rings is 1. The molecule has 2 rings (SSSR count). The van der Waals surface area contributed by atoms with Crippen molar-refractivity contribution in [3.05, 3.63) is 47.8 Å². The molecule has 2 aromatic rings. The molecule has 0 radical (unpaired) electrons. The summed E-state index contributed by atoms with van der Waals surface area (Å²) in [5.41, 5.74) is 1.03. The summed E-state index contributed by atoms with van der Waals surface area (Å²) in [6, 6.07) is 2.47. The predicted molar refractivity (Wildman–Crippen MR) is 73.1 cm³/mol. The summed E-state index contributed by atoms with van der Waals surface area (Å²) in [5.74, 6) is -2.27. The van der Waals surface area contributed by atoms with E-state index in [1.165, 1.54) is 0 Å². The zero-order valence-electron chi connectivity index (χ0n) is 11.4. The van der Waals surface area contributed by atoms with Crippen LogP contribution in [-0.2, 0) is 16.6 Å². The van der Waals surface area contributed by atoms with Gasteiger partial charge in [0.05, 0.1) is 11.1 Å². The lowest BCUT2D eigenvalue weighted by molar-refractivity contribution is 0.503. The van der Waals surface area contributed by atoms with Crippen molar-refractivity contribution in [2.45, 2.75) is 24.8 Å². The molecular weight excluding hydrogens is 300 g/mol. The number of nitrogens with zero attached hydrogens (tertiary/aromatic N) is 2. The third-order valence-electron chi connectivity index (χ3n) is 2.82. The zero-order chi connectivity index (χ0) is 15.5. The Balaban J connectivity index is 1.90. The van der Waals surface area contributed by atoms with Gasteiger partial charge in [0.2, 0.25) is 10.0 Å². The maximum Gasteiger partial charge on any atom is 0.240 e. The van der Waals surface area contributed by atoms with Gasteiger partial charge in [-0.15, -0.1) is 0 Å². The molecule has 21 heavy (non-hydrogen) atoms. The van der Waals surface area contributed by atoms with Crippen molar-refractivity contribution in [1.29, 1.82) is 0 Å². The number of nitrogens with one attached hydrogen (secondary N) is 1. The predicted octanol–water partition coefficient (Wildman–Crippen LogP) is 1.84. The van der Waals surface area contributed by atoms with Crippen LogP contribution in [0.3, 0.4) is 0 Å². The highest BCUT2D eigenvalue weighted by Crippen LogP contribution is 2.13. The molecule has 0 saturated carbocycles. The molecule has 0 amide bonds. The van der Waals surface area contributed by atoms with Gasteiger partial charge in [-0.1, -0.05) is 0 Å². The summed E-state index contributed by atoms with van der Waals surface area (Å²) >= 11 is 0. The van der Waals surface area contributed by atoms with Crippen LogP contribution in [0, 0.1) is 18.6 Å². The number of halogens is 2. The van der Waals surface area contributed by atoms with Gasteiger partial charge in [0.1, 0.15) is 0 Å². The lowest BCUT2D eigenvalue weighted by Gasteiger charge is -2.07. The Morgan fingerprint density at radius 1 is 1.29 bits per heavy atom. The lowest BCUT2D eigenvalue weighted by atomic mass is 10.3. The second-order valence-corrected chi connectivity index (χ2v) is 6.37. The second-order valence-electron chi connectivity index (χ2n) is 4.61. The number of hydrogen-bond acceptors (Lipinski definition) is 3. The van der Waals surface area contributed by atoms with Crippen LogP contribution >= 0.6 is 0 Å². The monoisotopic (exact) mass is 315 g/mol. The van der Waals surface area contributed by atoms with Gasteiger partial charge in [0.15, 0.2) is 11.6 Å². The minimum absolute atomic E-state index is 0.181. The van der Waals surface area contributed by atoms with E-state index in [4.69, 9.17) is 0 Å². The van der Waals surface area contributed by atoms with Crippen LogP contribution in [0.25, 0.3) is 0 Å². The van der Waals surface area contributed by atoms with E-state index in [0.29, 0.717) is 19.0 Å². The van der Waals surface area contributed by atoms with Crippen molar-refractivity contribution in [2.75, 3.05) is 6.54 Å². The molecule has 8 heteroatoms. The van der Waals surface area contributed by atoms with Crippen LogP contribution in [0.4, 0.5) is 8.78 Å². The Kier molecular flexibility index (Phi) is 4.69. The quantitative estimate of drug-likeness (QED) is 0.827. The molecular formula is C13H15F2N3O2S. The van der Waals surface area contributed by atoms with Gasteiger partial charge in [0.25, 0.3) is 0 Å². The molecule has 0 saturated heterocycles. The van der Waals surface area contributed by atoms with E-state index in [1.807, 2.05) is 13.1 Å². The highest BCUT2D eigenvalue weighted by molar-refractivity contribution is 7.89. The number of aromatic nitrogens is 2. The number of hydrogen-bond donors (Lipinski definition) is 1. The standard InChI is InChI=1S/C13H15F2N3O2S/c1-10-8-16-18(9-10)6-2-5-17-21(19,20)11-3-4-12(14)13(15)7-11/h3-4,7-9,17H,2,5-6H2,1H3. The van der Waals surface area contributed by atoms with Crippen molar-refractivity contribution < 1.29 is 17.2 Å². The molecule has 1 aromatic heterocycles. The summed E-state index contributed by atoms with van der Waals surface area (Å²) in [6.07, 6.45) is 4.10. The molecule has 1 aromatic carbocycles. The van der Waals surface area contributed by atoms with Crippen LogP contribution in [0.15, 0.2) is 35.5 Å². The third kappa shape index (κ3) is 4.08. The molecule has 0 atom stereocenters. The third-order valence-corrected chi connectivity index (χ3v) is 4.28. The van der Waals surface area contributed by atoms with E-state index in [9.17, 15) is 17.2 Å². The molecule has 5 nitrogen and oxygen atoms in total. The number of aryl methyl sites for hydroxylation is 2. The molecule has 0 aliphatic heterocycles. The van der Waals surface area contributed by atoms with E-state index in [1.54, 1.807) is 10.9 Å². The molecule has 0 aliphatic carbocycles. The first-order valence-electron chi connectivity index (χ1n) is 6.32. The van der Waals surface area contributed by atoms with Crippen LogP contribution in [-0.4, -0.2) is 24.7 Å². The van der Waals surface area contributed by atoms with Gasteiger partial charge in [0, 0.05) is 19.3 Å². The summed E-state index contributed by atoms with van der Waals surface area (Å²) in [4.78, 5) is -0.295. The average molecular weight is 315 g/mol. The zero-order valence-corrected chi connectivity index (χ0v) is 12.2. The van der Waals surface area contributed by atoms with E-state index in [-0.39, 0.29) is 11.4 Å². The fourth-order valence-corrected chi connectivity index (χ4v) is 2.85. The van der Waals surface area contributed by atoms with Crippen molar-refractivity contribution in [2.24, 2.45) is 0 Å². The summed E-state index contributed by atoms with van der Waals surface area (Å²) in [7, 11) is -3.84. The van der Waals surface area contributed by atoms with Crippen LogP contribution in [0.1, 0.15) is 12.0 Å². The van der Waals surface area contributed by atoms with E-state index in [0.717, 1.165) is 17.7 Å². The molecule has 1 heterocycles. The summed E-state index contributed by atoms with van der Waals surface area (Å²) in [5, 5.41) is 4.08. The van der Waals surface area contributed by atoms with Crippen LogP contribution in [0.2, 0.25) is 0 Å². The molecule has 0 spiro atoms. The Hall–Kier alpha value is -1.80. The number of sulfonamides is 1. The molecule has 114 valence electrons. The van der Waals surface area contributed by atoms with Crippen LogP contribution in [0.5, 0.6) is 0 Å². The maximum absolute atomic E-state index is 13.0. The normalized spacial score (nSPS) is 11.8. The topological polar surface area (TPSA) is 64.0 Å². The number of rotatable bonds is 6. The molecule has 1 N–H and O–H groups in total. The first-order chi connectivity index (χ1) is 9.88. The molecule has 0 unspecified atom stereocenters. The van der Waals surface area contributed by atoms with Gasteiger partial charge in [-0.25, -0.2) is 21.9 Å². The molecule has 0 aliphatic rings. The van der Waals surface area contributed by atoms with E-state index >= 15 is 0 Å². The largest absolute Gasteiger partial charge is 0.272 e. The smallest absolute Gasteiger partial charge is 0.240 e. The minimum Gasteiger partial charge on any atom is -0.272 e. The van der Waals surface area contributed by atoms with E-state index in [2.05, 4.69) is 9.82 Å². The first-order valence-corrected chi connectivity index (χ1v) is 7.80. The Bertz CT molecular complexity index is 729. The fraction of sp³-hybridized carbons (Fsp3) is 0.308. The minimum atomic E-state index is -3.84. The van der Waals surface area contributed by atoms with Gasteiger partial charge in [-0.05, 0) is 37.1 Å². The SMILES string of the molecule is Cc1cnn(CCCNS(=O)(=O)c2ccc(F)c(F)c2)c1. The van der Waals surface area contributed by atoms with Gasteiger partial charge in [-0.3, -0.25) is 4.68 Å². The van der Waals surface area contributed by atoms with Crippen LogP contribution < -0.4 is 4.72 Å². The Morgan fingerprint density at radius 2 is 2.05 bits per heavy atom. The van der Waals surface area contributed by atoms with Crippen molar-refractivity contribution in [3.8, 4) is 0 Å². The average Bonchev–Trinajstić information content (AvgIpc) is 2.83. The summed E-state index contributed by atoms with van der Waals surface area (Å²) < 4.78 is 53.7. The highest BCUT2D eigenvalue weighted by atomic mass is 32.2. The summed E-state index contributed by atoms with van der Waals surface area (Å²) in [6.45, 7) is 2.66. The van der Waals surface area contributed by atoms with Gasteiger partial charge in [-0.2, -0.15) is 5.10 Å². The second kappa shape index (κ2) is 6.31. The van der Waals surface area contributed by atoms with Gasteiger partial charge >= 0.3 is 0 Å². The van der Waals surface area contributed by atoms with Crippen molar-refractivity contribution in [1.82, 2.24) is 14.5 Å². The molecule has 0 fully saturated rings. The molecule has 0 bridgehead atoms.